The molecule has 6 heteroatoms. The van der Waals surface area contributed by atoms with Gasteiger partial charge in [0, 0.05) is 30.3 Å². The first-order valence-electron chi connectivity index (χ1n) is 10.1. The normalized spacial score (nSPS) is 11.3. The van der Waals surface area contributed by atoms with Crippen LogP contribution in [0.1, 0.15) is 57.3 Å². The van der Waals surface area contributed by atoms with Crippen LogP contribution in [0.15, 0.2) is 34.4 Å². The Bertz CT molecular complexity index is 1050. The monoisotopic (exact) mass is 412 g/mol. The number of benzene rings is 1. The second-order valence-electron chi connectivity index (χ2n) is 7.52. The first-order valence-corrected chi connectivity index (χ1v) is 11.0. The number of esters is 1. The molecule has 0 fully saturated rings. The Labute approximate surface area is 175 Å². The van der Waals surface area contributed by atoms with Gasteiger partial charge in [-0.2, -0.15) is 0 Å². The number of hydrogen-bond acceptors (Lipinski definition) is 5. The molecular weight excluding hydrogens is 384 g/mol. The molecule has 3 rings (SSSR count). The van der Waals surface area contributed by atoms with Crippen molar-refractivity contribution in [3.63, 3.8) is 0 Å². The summed E-state index contributed by atoms with van der Waals surface area (Å²) in [6.07, 6.45) is 2.49. The molecule has 0 aliphatic rings. The second-order valence-corrected chi connectivity index (χ2v) is 8.38. The molecule has 0 aliphatic carbocycles. The van der Waals surface area contributed by atoms with Crippen LogP contribution in [-0.2, 0) is 22.5 Å². The average molecular weight is 413 g/mol. The lowest BCUT2D eigenvalue weighted by molar-refractivity contribution is -0.140. The smallest absolute Gasteiger partial charge is 0.305 e. The van der Waals surface area contributed by atoms with Gasteiger partial charge in [-0.3, -0.25) is 14.2 Å². The van der Waals surface area contributed by atoms with Crippen molar-refractivity contribution in [2.75, 3.05) is 7.11 Å². The van der Waals surface area contributed by atoms with Gasteiger partial charge in [-0.1, -0.05) is 45.0 Å². The summed E-state index contributed by atoms with van der Waals surface area (Å²) in [5.74, 6) is 0.998. The standard InChI is InChI=1S/C23H28N2O3S/c1-5-7-19-24-22-21(23(27)25(19)13-6-8-20(26)28-4)18(14-29-22)17-11-9-16(10-12-17)15(2)3/h9-12,14-15H,5-8,13H2,1-4H3. The average Bonchev–Trinajstić information content (AvgIpc) is 3.14. The van der Waals surface area contributed by atoms with E-state index in [-0.39, 0.29) is 11.5 Å². The third kappa shape index (κ3) is 4.58. The molecule has 0 atom stereocenters. The zero-order valence-corrected chi connectivity index (χ0v) is 18.3. The van der Waals surface area contributed by atoms with Crippen LogP contribution in [0.5, 0.6) is 0 Å². The Morgan fingerprint density at radius 1 is 1.24 bits per heavy atom. The molecule has 2 heterocycles. The van der Waals surface area contributed by atoms with Gasteiger partial charge in [-0.25, -0.2) is 4.98 Å². The predicted octanol–water partition coefficient (Wildman–Crippen LogP) is 5.15. The van der Waals surface area contributed by atoms with E-state index in [0.29, 0.717) is 30.7 Å². The third-order valence-corrected chi connectivity index (χ3v) is 6.00. The van der Waals surface area contributed by atoms with Crippen molar-refractivity contribution >= 4 is 27.5 Å². The molecule has 0 radical (unpaired) electrons. The number of nitrogens with zero attached hydrogens (tertiary/aromatic N) is 2. The van der Waals surface area contributed by atoms with Crippen molar-refractivity contribution in [2.24, 2.45) is 0 Å². The number of aryl methyl sites for hydroxylation is 1. The maximum absolute atomic E-state index is 13.4. The van der Waals surface area contributed by atoms with Gasteiger partial charge in [0.25, 0.3) is 5.56 Å². The van der Waals surface area contributed by atoms with Gasteiger partial charge in [0.1, 0.15) is 10.7 Å². The zero-order valence-electron chi connectivity index (χ0n) is 17.5. The molecule has 0 saturated heterocycles. The molecular formula is C23H28N2O3S. The van der Waals surface area contributed by atoms with Crippen LogP contribution in [0.2, 0.25) is 0 Å². The topological polar surface area (TPSA) is 61.2 Å². The number of thiophene rings is 1. The highest BCUT2D eigenvalue weighted by molar-refractivity contribution is 7.17. The summed E-state index contributed by atoms with van der Waals surface area (Å²) in [5, 5.41) is 2.70. The highest BCUT2D eigenvalue weighted by atomic mass is 32.1. The molecule has 0 unspecified atom stereocenters. The van der Waals surface area contributed by atoms with Gasteiger partial charge in [-0.05, 0) is 29.9 Å². The van der Waals surface area contributed by atoms with E-state index in [2.05, 4.69) is 45.0 Å². The van der Waals surface area contributed by atoms with Crippen molar-refractivity contribution in [2.45, 2.75) is 58.9 Å². The molecule has 0 saturated carbocycles. The largest absolute Gasteiger partial charge is 0.469 e. The number of aromatic nitrogens is 2. The van der Waals surface area contributed by atoms with Crippen molar-refractivity contribution in [3.05, 3.63) is 51.4 Å². The van der Waals surface area contributed by atoms with Crippen LogP contribution in [0.25, 0.3) is 21.3 Å². The lowest BCUT2D eigenvalue weighted by Gasteiger charge is -2.12. The first-order chi connectivity index (χ1) is 14.0. The van der Waals surface area contributed by atoms with E-state index < -0.39 is 0 Å². The van der Waals surface area contributed by atoms with Crippen LogP contribution < -0.4 is 5.56 Å². The Morgan fingerprint density at radius 3 is 2.59 bits per heavy atom. The number of carbonyl (C=O) groups is 1. The van der Waals surface area contributed by atoms with E-state index in [9.17, 15) is 9.59 Å². The summed E-state index contributed by atoms with van der Waals surface area (Å²) in [5.41, 5.74) is 3.22. The Balaban J connectivity index is 2.04. The minimum Gasteiger partial charge on any atom is -0.469 e. The van der Waals surface area contributed by atoms with Crippen LogP contribution in [0.4, 0.5) is 0 Å². The van der Waals surface area contributed by atoms with Crippen molar-refractivity contribution in [1.82, 2.24) is 9.55 Å². The number of rotatable bonds is 8. The second kappa shape index (κ2) is 9.35. The fourth-order valence-corrected chi connectivity index (χ4v) is 4.41. The Hall–Kier alpha value is -2.47. The summed E-state index contributed by atoms with van der Waals surface area (Å²) in [4.78, 5) is 30.5. The SMILES string of the molecule is CCCc1nc2scc(-c3ccc(C(C)C)cc3)c2c(=O)n1CCCC(=O)OC. The maximum atomic E-state index is 13.4. The lowest BCUT2D eigenvalue weighted by atomic mass is 9.99. The minimum atomic E-state index is -0.259. The van der Waals surface area contributed by atoms with Crippen molar-refractivity contribution < 1.29 is 9.53 Å². The van der Waals surface area contributed by atoms with Gasteiger partial charge in [0.05, 0.1) is 12.5 Å². The molecule has 3 aromatic rings. The maximum Gasteiger partial charge on any atom is 0.305 e. The molecule has 2 aromatic heterocycles. The van der Waals surface area contributed by atoms with E-state index in [1.165, 1.54) is 24.0 Å². The zero-order chi connectivity index (χ0) is 21.0. The number of fused-ring (bicyclic) bond motifs is 1. The predicted molar refractivity (Wildman–Crippen MR) is 119 cm³/mol. The van der Waals surface area contributed by atoms with Crippen LogP contribution >= 0.6 is 11.3 Å². The fraction of sp³-hybridized carbons (Fsp3) is 0.435. The molecule has 154 valence electrons. The third-order valence-electron chi connectivity index (χ3n) is 5.13. The Morgan fingerprint density at radius 2 is 1.97 bits per heavy atom. The van der Waals surface area contributed by atoms with Gasteiger partial charge < -0.3 is 4.74 Å². The van der Waals surface area contributed by atoms with E-state index in [1.54, 1.807) is 4.57 Å². The molecule has 29 heavy (non-hydrogen) atoms. The summed E-state index contributed by atoms with van der Waals surface area (Å²) < 4.78 is 6.46. The molecule has 0 bridgehead atoms. The summed E-state index contributed by atoms with van der Waals surface area (Å²) in [6, 6.07) is 8.41. The molecule has 0 spiro atoms. The van der Waals surface area contributed by atoms with E-state index >= 15 is 0 Å². The number of carbonyl (C=O) groups excluding carboxylic acids is 1. The molecule has 0 N–H and O–H groups in total. The van der Waals surface area contributed by atoms with Crippen LogP contribution in [0.3, 0.4) is 0 Å². The minimum absolute atomic E-state index is 0.0208. The highest BCUT2D eigenvalue weighted by Crippen LogP contribution is 2.32. The van der Waals surface area contributed by atoms with Crippen molar-refractivity contribution in [1.29, 1.82) is 0 Å². The van der Waals surface area contributed by atoms with Gasteiger partial charge in [0.15, 0.2) is 0 Å². The Kier molecular flexibility index (Phi) is 6.85. The summed E-state index contributed by atoms with van der Waals surface area (Å²) in [6.45, 7) is 6.88. The molecule has 1 aromatic carbocycles. The van der Waals surface area contributed by atoms with E-state index in [4.69, 9.17) is 9.72 Å². The fourth-order valence-electron chi connectivity index (χ4n) is 3.46. The molecule has 5 nitrogen and oxygen atoms in total. The van der Waals surface area contributed by atoms with Crippen LogP contribution in [-0.4, -0.2) is 22.6 Å². The highest BCUT2D eigenvalue weighted by Gasteiger charge is 2.17. The first kappa shape index (κ1) is 21.2. The van der Waals surface area contributed by atoms with Crippen molar-refractivity contribution in [3.8, 4) is 11.1 Å². The van der Waals surface area contributed by atoms with E-state index in [1.807, 2.05) is 5.38 Å². The molecule has 0 aliphatic heterocycles. The van der Waals surface area contributed by atoms with Crippen LogP contribution in [0, 0.1) is 0 Å². The van der Waals surface area contributed by atoms with Gasteiger partial charge in [0.2, 0.25) is 0 Å². The number of ether oxygens (including phenoxy) is 1. The lowest BCUT2D eigenvalue weighted by Crippen LogP contribution is -2.25. The number of methoxy groups -OCH3 is 1. The number of hydrogen-bond donors (Lipinski definition) is 0. The van der Waals surface area contributed by atoms with E-state index in [0.717, 1.165) is 34.6 Å². The summed E-state index contributed by atoms with van der Waals surface area (Å²) >= 11 is 1.52. The summed E-state index contributed by atoms with van der Waals surface area (Å²) in [7, 11) is 1.38. The quantitative estimate of drug-likeness (QED) is 0.480. The molecule has 0 amide bonds. The van der Waals surface area contributed by atoms with Gasteiger partial charge >= 0.3 is 5.97 Å². The van der Waals surface area contributed by atoms with Gasteiger partial charge in [-0.15, -0.1) is 11.3 Å².